The van der Waals surface area contributed by atoms with E-state index in [-0.39, 0.29) is 6.04 Å². The van der Waals surface area contributed by atoms with Gasteiger partial charge in [-0.25, -0.2) is 0 Å². The van der Waals surface area contributed by atoms with Gasteiger partial charge in [-0.15, -0.1) is 0 Å². The molecule has 19 heavy (non-hydrogen) atoms. The molecule has 100 valence electrons. The smallest absolute Gasteiger partial charge is 0.0407 e. The van der Waals surface area contributed by atoms with Crippen molar-refractivity contribution in [2.24, 2.45) is 5.73 Å². The van der Waals surface area contributed by atoms with Crippen molar-refractivity contribution in [1.29, 1.82) is 0 Å². The average Bonchev–Trinajstić information content (AvgIpc) is 2.46. The predicted octanol–water partition coefficient (Wildman–Crippen LogP) is 3.71. The van der Waals surface area contributed by atoms with Crippen molar-refractivity contribution in [3.05, 3.63) is 65.2 Å². The van der Waals surface area contributed by atoms with Gasteiger partial charge in [0, 0.05) is 23.3 Å². The number of hydrogen-bond acceptors (Lipinski definition) is 2. The van der Waals surface area contributed by atoms with Gasteiger partial charge >= 0.3 is 0 Å². The van der Waals surface area contributed by atoms with E-state index >= 15 is 0 Å². The van der Waals surface area contributed by atoms with Crippen LogP contribution in [0.3, 0.4) is 0 Å². The fourth-order valence-corrected chi connectivity index (χ4v) is 2.14. The van der Waals surface area contributed by atoms with E-state index < -0.39 is 0 Å². The van der Waals surface area contributed by atoms with E-state index in [2.05, 4.69) is 29.6 Å². The van der Waals surface area contributed by atoms with Crippen molar-refractivity contribution >= 4 is 17.3 Å². The number of nitrogens with two attached hydrogens (primary N) is 1. The molecule has 3 N–H and O–H groups in total. The molecule has 0 bridgehead atoms. The van der Waals surface area contributed by atoms with Crippen LogP contribution in [-0.2, 0) is 6.42 Å². The van der Waals surface area contributed by atoms with Crippen molar-refractivity contribution < 1.29 is 0 Å². The van der Waals surface area contributed by atoms with Crippen molar-refractivity contribution in [3.8, 4) is 0 Å². The van der Waals surface area contributed by atoms with Crippen LogP contribution in [0.25, 0.3) is 0 Å². The zero-order chi connectivity index (χ0) is 13.5. The molecule has 2 rings (SSSR count). The van der Waals surface area contributed by atoms with Crippen LogP contribution in [0.2, 0.25) is 5.02 Å². The third-order valence-corrected chi connectivity index (χ3v) is 3.38. The van der Waals surface area contributed by atoms with Gasteiger partial charge in [0.15, 0.2) is 0 Å². The molecule has 0 aliphatic carbocycles. The summed E-state index contributed by atoms with van der Waals surface area (Å²) in [6, 6.07) is 18.5. The SMILES string of the molecule is NCC(CCc1ccccc1)Nc1ccc(Cl)cc1. The highest BCUT2D eigenvalue weighted by atomic mass is 35.5. The lowest BCUT2D eigenvalue weighted by molar-refractivity contribution is 0.660. The molecule has 0 heterocycles. The minimum atomic E-state index is 0.279. The van der Waals surface area contributed by atoms with E-state index in [0.717, 1.165) is 23.6 Å². The Morgan fingerprint density at radius 3 is 2.32 bits per heavy atom. The summed E-state index contributed by atoms with van der Waals surface area (Å²) in [4.78, 5) is 0. The van der Waals surface area contributed by atoms with Gasteiger partial charge in [0.2, 0.25) is 0 Å². The number of nitrogens with one attached hydrogen (secondary N) is 1. The molecule has 0 fully saturated rings. The zero-order valence-corrected chi connectivity index (χ0v) is 11.6. The van der Waals surface area contributed by atoms with Crippen molar-refractivity contribution in [1.82, 2.24) is 0 Å². The van der Waals surface area contributed by atoms with Gasteiger partial charge in [0.1, 0.15) is 0 Å². The first-order chi connectivity index (χ1) is 9.28. The largest absolute Gasteiger partial charge is 0.381 e. The molecule has 0 amide bonds. The molecular weight excluding hydrogens is 256 g/mol. The monoisotopic (exact) mass is 274 g/mol. The number of benzene rings is 2. The summed E-state index contributed by atoms with van der Waals surface area (Å²) in [6.07, 6.45) is 2.05. The minimum Gasteiger partial charge on any atom is -0.381 e. The molecule has 2 nitrogen and oxygen atoms in total. The Bertz CT molecular complexity index is 482. The van der Waals surface area contributed by atoms with Gasteiger partial charge in [-0.1, -0.05) is 41.9 Å². The lowest BCUT2D eigenvalue weighted by atomic mass is 10.1. The predicted molar refractivity (Wildman–Crippen MR) is 82.7 cm³/mol. The van der Waals surface area contributed by atoms with Crippen molar-refractivity contribution in [2.75, 3.05) is 11.9 Å². The normalized spacial score (nSPS) is 12.1. The fraction of sp³-hybridized carbons (Fsp3) is 0.250. The summed E-state index contributed by atoms with van der Waals surface area (Å²) in [6.45, 7) is 0.620. The average molecular weight is 275 g/mol. The summed E-state index contributed by atoms with van der Waals surface area (Å²) in [5, 5.41) is 4.19. The van der Waals surface area contributed by atoms with E-state index in [4.69, 9.17) is 17.3 Å². The van der Waals surface area contributed by atoms with E-state index in [1.807, 2.05) is 30.3 Å². The second-order valence-electron chi connectivity index (χ2n) is 4.61. The van der Waals surface area contributed by atoms with Gasteiger partial charge in [0.05, 0.1) is 0 Å². The van der Waals surface area contributed by atoms with Crippen molar-refractivity contribution in [3.63, 3.8) is 0 Å². The summed E-state index contributed by atoms with van der Waals surface area (Å²) >= 11 is 5.87. The summed E-state index contributed by atoms with van der Waals surface area (Å²) in [7, 11) is 0. The standard InChI is InChI=1S/C16H19ClN2/c17-14-7-10-15(11-8-14)19-16(12-18)9-6-13-4-2-1-3-5-13/h1-5,7-8,10-11,16,19H,6,9,12,18H2. The highest BCUT2D eigenvalue weighted by Crippen LogP contribution is 2.15. The molecule has 2 aromatic rings. The Morgan fingerprint density at radius 2 is 1.68 bits per heavy atom. The minimum absolute atomic E-state index is 0.279. The number of hydrogen-bond donors (Lipinski definition) is 2. The summed E-state index contributed by atoms with van der Waals surface area (Å²) in [5.41, 5.74) is 8.24. The van der Waals surface area contributed by atoms with Crippen LogP contribution in [0.15, 0.2) is 54.6 Å². The Kier molecular flexibility index (Phi) is 5.25. The molecule has 0 spiro atoms. The van der Waals surface area contributed by atoms with E-state index in [0.29, 0.717) is 6.54 Å². The lowest BCUT2D eigenvalue weighted by Gasteiger charge is -2.18. The number of aryl methyl sites for hydroxylation is 1. The van der Waals surface area contributed by atoms with Gasteiger partial charge in [0.25, 0.3) is 0 Å². The fourth-order valence-electron chi connectivity index (χ4n) is 2.02. The highest BCUT2D eigenvalue weighted by molar-refractivity contribution is 6.30. The molecule has 0 aromatic heterocycles. The molecule has 0 aliphatic heterocycles. The maximum absolute atomic E-state index is 5.87. The van der Waals surface area contributed by atoms with Crippen LogP contribution in [0.1, 0.15) is 12.0 Å². The van der Waals surface area contributed by atoms with Crippen LogP contribution in [0.5, 0.6) is 0 Å². The first-order valence-electron chi connectivity index (χ1n) is 6.54. The Morgan fingerprint density at radius 1 is 1.00 bits per heavy atom. The number of anilines is 1. The molecule has 0 saturated heterocycles. The highest BCUT2D eigenvalue weighted by Gasteiger charge is 2.06. The Labute approximate surface area is 119 Å². The number of halogens is 1. The number of rotatable bonds is 6. The maximum atomic E-state index is 5.87. The Hall–Kier alpha value is -1.51. The van der Waals surface area contributed by atoms with E-state index in [9.17, 15) is 0 Å². The summed E-state index contributed by atoms with van der Waals surface area (Å²) < 4.78 is 0. The van der Waals surface area contributed by atoms with Crippen LogP contribution in [-0.4, -0.2) is 12.6 Å². The summed E-state index contributed by atoms with van der Waals surface area (Å²) in [5.74, 6) is 0. The first kappa shape index (κ1) is 13.9. The molecular formula is C16H19ClN2. The molecule has 0 saturated carbocycles. The first-order valence-corrected chi connectivity index (χ1v) is 6.92. The van der Waals surface area contributed by atoms with Gasteiger partial charge in [-0.3, -0.25) is 0 Å². The van der Waals surface area contributed by atoms with Gasteiger partial charge in [-0.2, -0.15) is 0 Å². The lowest BCUT2D eigenvalue weighted by Crippen LogP contribution is -2.29. The van der Waals surface area contributed by atoms with Crippen LogP contribution < -0.4 is 11.1 Å². The second-order valence-corrected chi connectivity index (χ2v) is 5.04. The third-order valence-electron chi connectivity index (χ3n) is 3.12. The topological polar surface area (TPSA) is 38.0 Å². The second kappa shape index (κ2) is 7.17. The third kappa shape index (κ3) is 4.58. The van der Waals surface area contributed by atoms with E-state index in [1.165, 1.54) is 5.56 Å². The molecule has 1 unspecified atom stereocenters. The van der Waals surface area contributed by atoms with Crippen molar-refractivity contribution in [2.45, 2.75) is 18.9 Å². The van der Waals surface area contributed by atoms with Gasteiger partial charge < -0.3 is 11.1 Å². The molecule has 0 aliphatic rings. The molecule has 1 atom stereocenters. The molecule has 2 aromatic carbocycles. The Balaban J connectivity index is 1.88. The quantitative estimate of drug-likeness (QED) is 0.843. The van der Waals surface area contributed by atoms with Gasteiger partial charge in [-0.05, 0) is 42.7 Å². The zero-order valence-electron chi connectivity index (χ0n) is 10.9. The molecule has 3 heteroatoms. The maximum Gasteiger partial charge on any atom is 0.0407 e. The van der Waals surface area contributed by atoms with Crippen LogP contribution in [0.4, 0.5) is 5.69 Å². The van der Waals surface area contributed by atoms with E-state index in [1.54, 1.807) is 0 Å². The molecule has 0 radical (unpaired) electrons. The van der Waals surface area contributed by atoms with Crippen LogP contribution >= 0.6 is 11.6 Å². The van der Waals surface area contributed by atoms with Crippen LogP contribution in [0, 0.1) is 0 Å².